The smallest absolute Gasteiger partial charge is 0.239 e. The number of anilines is 1. The van der Waals surface area contributed by atoms with Crippen molar-refractivity contribution in [2.45, 2.75) is 31.8 Å². The molecular weight excluding hydrogens is 420 g/mol. The van der Waals surface area contributed by atoms with Gasteiger partial charge in [-0.1, -0.05) is 30.3 Å². The van der Waals surface area contributed by atoms with Crippen LogP contribution in [0.4, 0.5) is 5.69 Å². The van der Waals surface area contributed by atoms with Gasteiger partial charge >= 0.3 is 0 Å². The average Bonchev–Trinajstić information content (AvgIpc) is 3.58. The molecule has 2 aromatic carbocycles. The first-order valence-electron chi connectivity index (χ1n) is 10.6. The average molecular weight is 445 g/mol. The Kier molecular flexibility index (Phi) is 5.49. The number of carbonyl (C=O) groups excluding carboxylic acids is 1. The first kappa shape index (κ1) is 20.5. The van der Waals surface area contributed by atoms with Crippen LogP contribution in [0.3, 0.4) is 0 Å². The molecule has 6 nitrogen and oxygen atoms in total. The van der Waals surface area contributed by atoms with E-state index >= 15 is 0 Å². The monoisotopic (exact) mass is 444 g/mol. The molecule has 0 saturated carbocycles. The number of benzene rings is 2. The summed E-state index contributed by atoms with van der Waals surface area (Å²) in [7, 11) is 1.66. The summed E-state index contributed by atoms with van der Waals surface area (Å²) < 4.78 is 5.55. The Labute approximate surface area is 191 Å². The Morgan fingerprint density at radius 1 is 0.969 bits per heavy atom. The molecule has 0 unspecified atom stereocenters. The summed E-state index contributed by atoms with van der Waals surface area (Å²) in [6.45, 7) is 1.57. The summed E-state index contributed by atoms with van der Waals surface area (Å²) in [5.41, 5.74) is 4.97. The van der Waals surface area contributed by atoms with Crippen molar-refractivity contribution in [3.05, 3.63) is 82.6 Å². The van der Waals surface area contributed by atoms with Gasteiger partial charge < -0.3 is 4.74 Å². The Morgan fingerprint density at radius 2 is 1.72 bits per heavy atom. The second-order valence-corrected chi connectivity index (χ2v) is 8.67. The molecule has 2 aliphatic rings. The summed E-state index contributed by atoms with van der Waals surface area (Å²) in [6.07, 6.45) is 1.38. The maximum absolute atomic E-state index is 12.6. The standard InChI is InChI=1S/C25H24N4O2S/c1-17(30)28-23(15-22(27-28)20-10-6-7-11-25(20)31-2)24-14-21(18-12-13-32-16-18)26-29(24)19-8-4-3-5-9-19/h3-13,16,23-24H,14-15H2,1-2H3/t23-,24-/m1/s1. The number of ether oxygens (including phenoxy) is 1. The molecule has 0 radical (unpaired) electrons. The molecule has 7 heteroatoms. The Bertz CT molecular complexity index is 1170. The van der Waals surface area contributed by atoms with E-state index in [2.05, 4.69) is 34.0 Å². The van der Waals surface area contributed by atoms with Crippen LogP contribution in [-0.2, 0) is 4.79 Å². The molecule has 1 amide bonds. The highest BCUT2D eigenvalue weighted by Gasteiger charge is 2.43. The van der Waals surface area contributed by atoms with Gasteiger partial charge in [-0.25, -0.2) is 5.01 Å². The molecule has 3 heterocycles. The molecule has 32 heavy (non-hydrogen) atoms. The molecular formula is C25H24N4O2S. The van der Waals surface area contributed by atoms with Gasteiger partial charge in [0.05, 0.1) is 36.3 Å². The number of nitrogens with zero attached hydrogens (tertiary/aromatic N) is 4. The van der Waals surface area contributed by atoms with Crippen molar-refractivity contribution in [3.63, 3.8) is 0 Å². The van der Waals surface area contributed by atoms with Gasteiger partial charge in [-0.05, 0) is 41.1 Å². The number of carbonyl (C=O) groups is 1. The molecule has 0 aliphatic carbocycles. The maximum Gasteiger partial charge on any atom is 0.239 e. The number of rotatable bonds is 5. The van der Waals surface area contributed by atoms with Crippen LogP contribution >= 0.6 is 11.3 Å². The van der Waals surface area contributed by atoms with Crippen molar-refractivity contribution in [1.29, 1.82) is 0 Å². The number of thiophene rings is 1. The Morgan fingerprint density at radius 3 is 2.44 bits per heavy atom. The molecule has 0 spiro atoms. The molecule has 2 aliphatic heterocycles. The molecule has 0 N–H and O–H groups in total. The number of para-hydroxylation sites is 2. The van der Waals surface area contributed by atoms with Gasteiger partial charge in [0.2, 0.25) is 5.91 Å². The molecule has 5 rings (SSSR count). The van der Waals surface area contributed by atoms with Crippen LogP contribution < -0.4 is 9.75 Å². The van der Waals surface area contributed by atoms with Gasteiger partial charge in [-0.15, -0.1) is 0 Å². The third kappa shape index (κ3) is 3.69. The summed E-state index contributed by atoms with van der Waals surface area (Å²) in [5, 5.41) is 17.6. The largest absolute Gasteiger partial charge is 0.496 e. The van der Waals surface area contributed by atoms with Gasteiger partial charge in [0.1, 0.15) is 5.75 Å². The first-order valence-corrected chi connectivity index (χ1v) is 11.5. The van der Waals surface area contributed by atoms with Gasteiger partial charge in [0.25, 0.3) is 0 Å². The Hall–Kier alpha value is -3.45. The van der Waals surface area contributed by atoms with Crippen molar-refractivity contribution < 1.29 is 9.53 Å². The quantitative estimate of drug-likeness (QED) is 0.570. The van der Waals surface area contributed by atoms with Crippen molar-refractivity contribution in [1.82, 2.24) is 5.01 Å². The molecule has 162 valence electrons. The summed E-state index contributed by atoms with van der Waals surface area (Å²) in [4.78, 5) is 12.6. The fraction of sp³-hybridized carbons (Fsp3) is 0.240. The van der Waals surface area contributed by atoms with E-state index in [1.807, 2.05) is 42.5 Å². The molecule has 0 saturated heterocycles. The van der Waals surface area contributed by atoms with E-state index in [0.717, 1.165) is 40.4 Å². The highest BCUT2D eigenvalue weighted by molar-refractivity contribution is 7.08. The van der Waals surface area contributed by atoms with Crippen LogP contribution in [0.5, 0.6) is 5.75 Å². The van der Waals surface area contributed by atoms with E-state index in [-0.39, 0.29) is 18.0 Å². The van der Waals surface area contributed by atoms with Gasteiger partial charge in [-0.2, -0.15) is 21.5 Å². The van der Waals surface area contributed by atoms with Crippen LogP contribution in [0.25, 0.3) is 0 Å². The van der Waals surface area contributed by atoms with Crippen LogP contribution in [0.2, 0.25) is 0 Å². The van der Waals surface area contributed by atoms with E-state index in [0.29, 0.717) is 6.42 Å². The predicted octanol–water partition coefficient (Wildman–Crippen LogP) is 4.76. The lowest BCUT2D eigenvalue weighted by molar-refractivity contribution is -0.130. The topological polar surface area (TPSA) is 57.5 Å². The third-order valence-corrected chi connectivity index (χ3v) is 6.63. The normalized spacial score (nSPS) is 20.3. The fourth-order valence-corrected chi connectivity index (χ4v) is 5.11. The van der Waals surface area contributed by atoms with Crippen LogP contribution in [0.15, 0.2) is 81.6 Å². The number of hydrazone groups is 2. The summed E-state index contributed by atoms with van der Waals surface area (Å²) in [5.74, 6) is 0.689. The van der Waals surface area contributed by atoms with Gasteiger partial charge in [0.15, 0.2) is 0 Å². The molecule has 0 bridgehead atoms. The number of hydrogen-bond acceptors (Lipinski definition) is 6. The molecule has 0 fully saturated rings. The van der Waals surface area contributed by atoms with E-state index < -0.39 is 0 Å². The van der Waals surface area contributed by atoms with Crippen LogP contribution in [0.1, 0.15) is 30.9 Å². The summed E-state index contributed by atoms with van der Waals surface area (Å²) in [6, 6.07) is 19.9. The number of amides is 1. The van der Waals surface area contributed by atoms with Crippen molar-refractivity contribution in [3.8, 4) is 5.75 Å². The maximum atomic E-state index is 12.6. The van der Waals surface area contributed by atoms with Crippen LogP contribution in [0, 0.1) is 0 Å². The minimum Gasteiger partial charge on any atom is -0.496 e. The first-order chi connectivity index (χ1) is 15.7. The lowest BCUT2D eigenvalue weighted by Gasteiger charge is -2.32. The highest BCUT2D eigenvalue weighted by atomic mass is 32.1. The van der Waals surface area contributed by atoms with Gasteiger partial charge in [0, 0.05) is 30.9 Å². The zero-order valence-corrected chi connectivity index (χ0v) is 18.8. The van der Waals surface area contributed by atoms with Crippen molar-refractivity contribution >= 4 is 34.4 Å². The van der Waals surface area contributed by atoms with Crippen LogP contribution in [-0.4, -0.2) is 41.5 Å². The fourth-order valence-electron chi connectivity index (χ4n) is 4.44. The van der Waals surface area contributed by atoms with Crippen molar-refractivity contribution in [2.75, 3.05) is 12.1 Å². The minimum absolute atomic E-state index is 0.0212. The summed E-state index contributed by atoms with van der Waals surface area (Å²) >= 11 is 1.66. The van der Waals surface area contributed by atoms with E-state index in [1.54, 1.807) is 30.4 Å². The number of methoxy groups -OCH3 is 1. The minimum atomic E-state index is -0.132. The third-order valence-electron chi connectivity index (χ3n) is 5.95. The van der Waals surface area contributed by atoms with Gasteiger partial charge in [-0.3, -0.25) is 9.80 Å². The van der Waals surface area contributed by atoms with E-state index in [9.17, 15) is 4.79 Å². The zero-order chi connectivity index (χ0) is 22.1. The number of hydrogen-bond donors (Lipinski definition) is 0. The predicted molar refractivity (Wildman–Crippen MR) is 129 cm³/mol. The SMILES string of the molecule is COc1ccccc1C1=NN(C(C)=O)[C@@H]([C@H]2CC(c3ccsc3)=NN2c2ccccc2)C1. The van der Waals surface area contributed by atoms with E-state index in [1.165, 1.54) is 0 Å². The lowest BCUT2D eigenvalue weighted by atomic mass is 9.94. The second-order valence-electron chi connectivity index (χ2n) is 7.89. The lowest BCUT2D eigenvalue weighted by Crippen LogP contribution is -2.46. The van der Waals surface area contributed by atoms with E-state index in [4.69, 9.17) is 14.9 Å². The zero-order valence-electron chi connectivity index (χ0n) is 18.0. The second kappa shape index (κ2) is 8.59. The molecule has 1 aromatic heterocycles. The highest BCUT2D eigenvalue weighted by Crippen LogP contribution is 2.36. The molecule has 3 aromatic rings. The molecule has 2 atom stereocenters. The Balaban J connectivity index is 1.51. The van der Waals surface area contributed by atoms with Crippen molar-refractivity contribution in [2.24, 2.45) is 10.2 Å².